The molecule has 0 spiro atoms. The third-order valence-corrected chi connectivity index (χ3v) is 3.08. The Bertz CT molecular complexity index is 479. The van der Waals surface area contributed by atoms with Crippen molar-refractivity contribution in [1.82, 2.24) is 0 Å². The quantitative estimate of drug-likeness (QED) is 0.853. The number of nitrogens with one attached hydrogen (secondary N) is 1. The molecule has 0 aliphatic carbocycles. The Hall–Kier alpha value is -1.81. The van der Waals surface area contributed by atoms with Gasteiger partial charge in [0.05, 0.1) is 0 Å². The molecule has 2 N–H and O–H groups in total. The number of carbonyl (C=O) groups is 1. The summed E-state index contributed by atoms with van der Waals surface area (Å²) in [5.74, 6) is 0. The predicted octanol–water partition coefficient (Wildman–Crippen LogP) is 3.43. The van der Waals surface area contributed by atoms with Crippen molar-refractivity contribution in [3.8, 4) is 0 Å². The monoisotopic (exact) mass is 233 g/mol. The number of benzene rings is 1. The van der Waals surface area contributed by atoms with Gasteiger partial charge in [-0.1, -0.05) is 30.3 Å². The van der Waals surface area contributed by atoms with Gasteiger partial charge in [0, 0.05) is 6.42 Å². The third kappa shape index (κ3) is 2.61. The summed E-state index contributed by atoms with van der Waals surface area (Å²) in [5, 5.41) is 13.7. The van der Waals surface area contributed by atoms with E-state index in [-0.39, 0.29) is 0 Å². The van der Waals surface area contributed by atoms with E-state index >= 15 is 0 Å². The fourth-order valence-electron chi connectivity index (χ4n) is 1.50. The largest absolute Gasteiger partial charge is 0.465 e. The van der Waals surface area contributed by atoms with Crippen LogP contribution in [0.15, 0.2) is 41.8 Å². The van der Waals surface area contributed by atoms with Crippen LogP contribution in [0.3, 0.4) is 0 Å². The lowest BCUT2D eigenvalue weighted by atomic mass is 10.1. The summed E-state index contributed by atoms with van der Waals surface area (Å²) in [6.45, 7) is 0. The summed E-state index contributed by atoms with van der Waals surface area (Å²) in [6.07, 6.45) is -0.267. The van der Waals surface area contributed by atoms with Crippen molar-refractivity contribution in [1.29, 1.82) is 0 Å². The molecule has 0 aliphatic heterocycles. The first-order valence-corrected chi connectivity index (χ1v) is 5.74. The number of hydrogen-bond acceptors (Lipinski definition) is 2. The SMILES string of the molecule is O=C(O)Nc1sccc1Cc1ccccc1. The predicted molar refractivity (Wildman–Crippen MR) is 65.2 cm³/mol. The molecule has 2 aromatic rings. The van der Waals surface area contributed by atoms with Gasteiger partial charge in [-0.3, -0.25) is 5.32 Å². The van der Waals surface area contributed by atoms with Gasteiger partial charge >= 0.3 is 6.09 Å². The van der Waals surface area contributed by atoms with Crippen LogP contribution >= 0.6 is 11.3 Å². The van der Waals surface area contributed by atoms with E-state index in [1.165, 1.54) is 16.9 Å². The summed E-state index contributed by atoms with van der Waals surface area (Å²) < 4.78 is 0. The maximum atomic E-state index is 10.6. The molecular formula is C12H11NO2S. The molecule has 4 heteroatoms. The number of anilines is 1. The minimum atomic E-state index is -1.02. The van der Waals surface area contributed by atoms with Crippen LogP contribution in [0.25, 0.3) is 0 Å². The lowest BCUT2D eigenvalue weighted by Gasteiger charge is -2.03. The van der Waals surface area contributed by atoms with Gasteiger partial charge in [0.15, 0.2) is 0 Å². The van der Waals surface area contributed by atoms with Crippen molar-refractivity contribution in [2.45, 2.75) is 6.42 Å². The zero-order valence-electron chi connectivity index (χ0n) is 8.51. The van der Waals surface area contributed by atoms with Crippen LogP contribution < -0.4 is 5.32 Å². The molecule has 3 nitrogen and oxygen atoms in total. The summed E-state index contributed by atoms with van der Waals surface area (Å²) in [7, 11) is 0. The molecule has 0 bridgehead atoms. The maximum Gasteiger partial charge on any atom is 0.409 e. The second-order valence-electron chi connectivity index (χ2n) is 3.37. The van der Waals surface area contributed by atoms with Crippen molar-refractivity contribution >= 4 is 22.4 Å². The van der Waals surface area contributed by atoms with E-state index in [1.54, 1.807) is 0 Å². The molecule has 0 fully saturated rings. The Balaban J connectivity index is 2.16. The first-order chi connectivity index (χ1) is 7.75. The van der Waals surface area contributed by atoms with E-state index in [1.807, 2.05) is 41.8 Å². The molecule has 0 aliphatic rings. The number of thiophene rings is 1. The second kappa shape index (κ2) is 4.81. The van der Waals surface area contributed by atoms with E-state index < -0.39 is 6.09 Å². The number of carboxylic acid groups (broad SMARTS) is 1. The van der Waals surface area contributed by atoms with Crippen LogP contribution in [0.4, 0.5) is 9.80 Å². The van der Waals surface area contributed by atoms with Crippen LogP contribution in [-0.2, 0) is 6.42 Å². The Morgan fingerprint density at radius 2 is 2.00 bits per heavy atom. The Kier molecular flexibility index (Phi) is 3.22. The third-order valence-electron chi connectivity index (χ3n) is 2.20. The molecule has 82 valence electrons. The summed E-state index contributed by atoms with van der Waals surface area (Å²) in [6, 6.07) is 11.9. The molecule has 0 saturated carbocycles. The van der Waals surface area contributed by atoms with Gasteiger partial charge in [-0.2, -0.15) is 0 Å². The molecule has 1 aromatic carbocycles. The van der Waals surface area contributed by atoms with Crippen molar-refractivity contribution in [3.05, 3.63) is 52.9 Å². The highest BCUT2D eigenvalue weighted by Gasteiger charge is 2.07. The molecule has 1 amide bonds. The van der Waals surface area contributed by atoms with Crippen molar-refractivity contribution in [3.63, 3.8) is 0 Å². The fourth-order valence-corrected chi connectivity index (χ4v) is 2.30. The molecular weight excluding hydrogens is 222 g/mol. The van der Waals surface area contributed by atoms with Gasteiger partial charge in [0.2, 0.25) is 0 Å². The molecule has 0 unspecified atom stereocenters. The average Bonchev–Trinajstić information content (AvgIpc) is 2.66. The minimum absolute atomic E-state index is 0.705. The van der Waals surface area contributed by atoms with Crippen LogP contribution in [-0.4, -0.2) is 11.2 Å². The van der Waals surface area contributed by atoms with Gasteiger partial charge in [0.25, 0.3) is 0 Å². The van der Waals surface area contributed by atoms with Crippen LogP contribution in [0.2, 0.25) is 0 Å². The normalized spacial score (nSPS) is 10.0. The van der Waals surface area contributed by atoms with E-state index in [4.69, 9.17) is 5.11 Å². The molecule has 2 rings (SSSR count). The number of amides is 1. The smallest absolute Gasteiger partial charge is 0.409 e. The topological polar surface area (TPSA) is 49.3 Å². The number of hydrogen-bond donors (Lipinski definition) is 2. The Morgan fingerprint density at radius 3 is 2.69 bits per heavy atom. The van der Waals surface area contributed by atoms with E-state index in [2.05, 4.69) is 5.32 Å². The fraction of sp³-hybridized carbons (Fsp3) is 0.0833. The highest BCUT2D eigenvalue weighted by atomic mass is 32.1. The highest BCUT2D eigenvalue weighted by molar-refractivity contribution is 7.14. The molecule has 1 heterocycles. The van der Waals surface area contributed by atoms with Gasteiger partial charge < -0.3 is 5.11 Å². The van der Waals surface area contributed by atoms with Crippen LogP contribution in [0.1, 0.15) is 11.1 Å². The average molecular weight is 233 g/mol. The zero-order chi connectivity index (χ0) is 11.4. The van der Waals surface area contributed by atoms with Gasteiger partial charge in [-0.05, 0) is 22.6 Å². The van der Waals surface area contributed by atoms with E-state index in [0.29, 0.717) is 5.00 Å². The van der Waals surface area contributed by atoms with Crippen molar-refractivity contribution in [2.24, 2.45) is 0 Å². The maximum absolute atomic E-state index is 10.6. The molecule has 0 radical (unpaired) electrons. The molecule has 0 saturated heterocycles. The summed E-state index contributed by atoms with van der Waals surface area (Å²) >= 11 is 1.41. The lowest BCUT2D eigenvalue weighted by molar-refractivity contribution is 0.210. The molecule has 16 heavy (non-hydrogen) atoms. The van der Waals surface area contributed by atoms with Gasteiger partial charge in [-0.15, -0.1) is 11.3 Å². The minimum Gasteiger partial charge on any atom is -0.465 e. The standard InChI is InChI=1S/C12H11NO2S/c14-12(15)13-11-10(6-7-16-11)8-9-4-2-1-3-5-9/h1-7,13H,8H2,(H,14,15). The Morgan fingerprint density at radius 1 is 1.25 bits per heavy atom. The highest BCUT2D eigenvalue weighted by Crippen LogP contribution is 2.25. The Labute approximate surface area is 97.4 Å². The lowest BCUT2D eigenvalue weighted by Crippen LogP contribution is -2.07. The molecule has 1 aromatic heterocycles. The van der Waals surface area contributed by atoms with Gasteiger partial charge in [0.1, 0.15) is 5.00 Å². The van der Waals surface area contributed by atoms with Crippen molar-refractivity contribution < 1.29 is 9.90 Å². The van der Waals surface area contributed by atoms with Crippen LogP contribution in [0, 0.1) is 0 Å². The van der Waals surface area contributed by atoms with Gasteiger partial charge in [-0.25, -0.2) is 4.79 Å². The number of rotatable bonds is 3. The zero-order valence-corrected chi connectivity index (χ0v) is 9.33. The summed E-state index contributed by atoms with van der Waals surface area (Å²) in [5.41, 5.74) is 2.19. The summed E-state index contributed by atoms with van der Waals surface area (Å²) in [4.78, 5) is 10.6. The van der Waals surface area contributed by atoms with Crippen LogP contribution in [0.5, 0.6) is 0 Å². The van der Waals surface area contributed by atoms with E-state index in [0.717, 1.165) is 12.0 Å². The van der Waals surface area contributed by atoms with Crippen molar-refractivity contribution in [2.75, 3.05) is 5.32 Å². The molecule has 0 atom stereocenters. The first kappa shape index (κ1) is 10.7. The van der Waals surface area contributed by atoms with E-state index in [9.17, 15) is 4.79 Å². The first-order valence-electron chi connectivity index (χ1n) is 4.86. The second-order valence-corrected chi connectivity index (χ2v) is 4.28.